The zero-order valence-electron chi connectivity index (χ0n) is 9.27. The minimum Gasteiger partial charge on any atom is -0.327 e. The van der Waals surface area contributed by atoms with E-state index in [1.807, 2.05) is 6.26 Å². The highest BCUT2D eigenvalue weighted by atomic mass is 32.2. The summed E-state index contributed by atoms with van der Waals surface area (Å²) in [4.78, 5) is 0. The monoisotopic (exact) mass is 263 g/mol. The van der Waals surface area contributed by atoms with Gasteiger partial charge in [0.1, 0.15) is 0 Å². The molecule has 2 unspecified atom stereocenters. The third-order valence-corrected chi connectivity index (χ3v) is 5.51. The van der Waals surface area contributed by atoms with Crippen LogP contribution in [-0.2, 0) is 0 Å². The maximum absolute atomic E-state index is 6.05. The molecule has 0 fully saturated rings. The summed E-state index contributed by atoms with van der Waals surface area (Å²) in [6.07, 6.45) is 3.15. The van der Waals surface area contributed by atoms with Gasteiger partial charge in [0.15, 0.2) is 8.68 Å². The van der Waals surface area contributed by atoms with Gasteiger partial charge in [0.25, 0.3) is 0 Å². The summed E-state index contributed by atoms with van der Waals surface area (Å²) in [7, 11) is 0. The fourth-order valence-electron chi connectivity index (χ4n) is 0.973. The van der Waals surface area contributed by atoms with Gasteiger partial charge in [-0.25, -0.2) is 0 Å². The molecule has 0 aliphatic carbocycles. The van der Waals surface area contributed by atoms with E-state index >= 15 is 0 Å². The van der Waals surface area contributed by atoms with Crippen LogP contribution in [0.15, 0.2) is 8.68 Å². The van der Waals surface area contributed by atoms with Crippen molar-refractivity contribution in [1.82, 2.24) is 10.2 Å². The lowest BCUT2D eigenvalue weighted by Crippen LogP contribution is -2.30. The summed E-state index contributed by atoms with van der Waals surface area (Å²) in [5.74, 6) is 1.50. The van der Waals surface area contributed by atoms with Gasteiger partial charge in [0.05, 0.1) is 0 Å². The first-order chi connectivity index (χ1) is 7.17. The molecule has 2 atom stereocenters. The fraction of sp³-hybridized carbons (Fsp3) is 0.778. The molecule has 1 aromatic heterocycles. The van der Waals surface area contributed by atoms with Crippen LogP contribution in [0.2, 0.25) is 0 Å². The number of rotatable bonds is 6. The van der Waals surface area contributed by atoms with Gasteiger partial charge in [-0.2, -0.15) is 0 Å². The van der Waals surface area contributed by atoms with Crippen molar-refractivity contribution in [2.45, 2.75) is 35.0 Å². The summed E-state index contributed by atoms with van der Waals surface area (Å²) < 4.78 is 2.05. The molecule has 1 rings (SSSR count). The maximum atomic E-state index is 6.05. The zero-order valence-corrected chi connectivity index (χ0v) is 11.7. The van der Waals surface area contributed by atoms with Crippen molar-refractivity contribution >= 4 is 34.9 Å². The third-order valence-electron chi connectivity index (χ3n) is 2.34. The molecular weight excluding hydrogens is 246 g/mol. The average molecular weight is 263 g/mol. The molecule has 15 heavy (non-hydrogen) atoms. The highest BCUT2D eigenvalue weighted by Crippen LogP contribution is 2.28. The van der Waals surface area contributed by atoms with E-state index in [0.29, 0.717) is 5.92 Å². The largest absolute Gasteiger partial charge is 0.327 e. The van der Waals surface area contributed by atoms with Gasteiger partial charge in [-0.1, -0.05) is 55.1 Å². The lowest BCUT2D eigenvalue weighted by molar-refractivity contribution is 0.475. The molecule has 2 N–H and O–H groups in total. The van der Waals surface area contributed by atoms with Gasteiger partial charge < -0.3 is 5.73 Å². The highest BCUT2D eigenvalue weighted by Gasteiger charge is 2.12. The van der Waals surface area contributed by atoms with E-state index < -0.39 is 0 Å². The van der Waals surface area contributed by atoms with E-state index in [9.17, 15) is 0 Å². The minimum absolute atomic E-state index is 0.252. The van der Waals surface area contributed by atoms with E-state index in [4.69, 9.17) is 5.73 Å². The van der Waals surface area contributed by atoms with Crippen LogP contribution < -0.4 is 5.73 Å². The molecule has 6 heteroatoms. The molecule has 0 amide bonds. The van der Waals surface area contributed by atoms with Crippen molar-refractivity contribution in [2.75, 3.05) is 12.0 Å². The van der Waals surface area contributed by atoms with Crippen LogP contribution in [0, 0.1) is 5.92 Å². The van der Waals surface area contributed by atoms with Crippen molar-refractivity contribution in [3.63, 3.8) is 0 Å². The Balaban J connectivity index is 2.36. The van der Waals surface area contributed by atoms with Gasteiger partial charge in [0, 0.05) is 11.8 Å². The lowest BCUT2D eigenvalue weighted by Gasteiger charge is -2.16. The molecule has 0 spiro atoms. The molecule has 0 aliphatic rings. The summed E-state index contributed by atoms with van der Waals surface area (Å²) in [6, 6.07) is 0.252. The fourth-order valence-corrected chi connectivity index (χ4v) is 3.57. The predicted molar refractivity (Wildman–Crippen MR) is 69.8 cm³/mol. The third kappa shape index (κ3) is 4.30. The van der Waals surface area contributed by atoms with Crippen molar-refractivity contribution in [3.8, 4) is 0 Å². The molecule has 86 valence electrons. The number of aromatic nitrogens is 2. The Labute approximate surface area is 104 Å². The summed E-state index contributed by atoms with van der Waals surface area (Å²) in [6.45, 7) is 4.37. The van der Waals surface area contributed by atoms with E-state index in [2.05, 4.69) is 24.0 Å². The Hall–Kier alpha value is 0.220. The molecule has 1 heterocycles. The molecule has 0 saturated heterocycles. The maximum Gasteiger partial charge on any atom is 0.175 e. The highest BCUT2D eigenvalue weighted by molar-refractivity contribution is 8.03. The van der Waals surface area contributed by atoms with Crippen LogP contribution in [0.1, 0.15) is 20.3 Å². The summed E-state index contributed by atoms with van der Waals surface area (Å²) >= 11 is 4.99. The topological polar surface area (TPSA) is 51.8 Å². The molecule has 0 aromatic carbocycles. The summed E-state index contributed by atoms with van der Waals surface area (Å²) in [5.41, 5.74) is 6.05. The number of hydrogen-bond acceptors (Lipinski definition) is 6. The molecule has 0 bridgehead atoms. The van der Waals surface area contributed by atoms with Crippen LogP contribution in [0.25, 0.3) is 0 Å². The smallest absolute Gasteiger partial charge is 0.175 e. The van der Waals surface area contributed by atoms with Gasteiger partial charge in [-0.3, -0.25) is 0 Å². The second kappa shape index (κ2) is 6.73. The second-order valence-electron chi connectivity index (χ2n) is 3.40. The predicted octanol–water partition coefficient (Wildman–Crippen LogP) is 2.73. The molecule has 1 aromatic rings. The first-order valence-corrected chi connectivity index (χ1v) is 7.96. The standard InChI is InChI=1S/C9H17N3S3/c1-4-6(2)7(10)5-14-9-12-11-8(13-3)15-9/h6-7H,4-5,10H2,1-3H3. The van der Waals surface area contributed by atoms with Crippen LogP contribution in [0.3, 0.4) is 0 Å². The first kappa shape index (κ1) is 13.3. The van der Waals surface area contributed by atoms with Crippen LogP contribution in [0.4, 0.5) is 0 Å². The summed E-state index contributed by atoms with van der Waals surface area (Å²) in [5, 5.41) is 8.15. The van der Waals surface area contributed by atoms with Crippen molar-refractivity contribution in [3.05, 3.63) is 0 Å². The molecule has 3 nitrogen and oxygen atoms in total. The second-order valence-corrected chi connectivity index (χ2v) is 6.70. The average Bonchev–Trinajstić information content (AvgIpc) is 2.72. The van der Waals surface area contributed by atoms with E-state index in [1.54, 1.807) is 34.9 Å². The Bertz CT molecular complexity index is 290. The van der Waals surface area contributed by atoms with Gasteiger partial charge in [0.2, 0.25) is 0 Å². The zero-order chi connectivity index (χ0) is 11.3. The lowest BCUT2D eigenvalue weighted by atomic mass is 10.0. The van der Waals surface area contributed by atoms with E-state index in [0.717, 1.165) is 20.9 Å². The van der Waals surface area contributed by atoms with Crippen LogP contribution in [0.5, 0.6) is 0 Å². The quantitative estimate of drug-likeness (QED) is 0.800. The first-order valence-electron chi connectivity index (χ1n) is 4.93. The van der Waals surface area contributed by atoms with Crippen molar-refractivity contribution in [1.29, 1.82) is 0 Å². The Morgan fingerprint density at radius 2 is 2.07 bits per heavy atom. The SMILES string of the molecule is CCC(C)C(N)CSc1nnc(SC)s1. The van der Waals surface area contributed by atoms with Gasteiger partial charge in [-0.05, 0) is 12.2 Å². The van der Waals surface area contributed by atoms with Crippen LogP contribution >= 0.6 is 34.9 Å². The molecule has 0 aliphatic heterocycles. The Morgan fingerprint density at radius 3 is 2.60 bits per heavy atom. The van der Waals surface area contributed by atoms with Crippen LogP contribution in [-0.4, -0.2) is 28.2 Å². The van der Waals surface area contributed by atoms with Gasteiger partial charge in [-0.15, -0.1) is 10.2 Å². The van der Waals surface area contributed by atoms with Crippen molar-refractivity contribution in [2.24, 2.45) is 11.7 Å². The molecule has 0 saturated carbocycles. The van der Waals surface area contributed by atoms with Gasteiger partial charge >= 0.3 is 0 Å². The minimum atomic E-state index is 0.252. The van der Waals surface area contributed by atoms with E-state index in [-0.39, 0.29) is 6.04 Å². The number of nitrogens with two attached hydrogens (primary N) is 1. The molecule has 0 radical (unpaired) electrons. The molecular formula is C9H17N3S3. The number of nitrogens with zero attached hydrogens (tertiary/aromatic N) is 2. The Kier molecular flexibility index (Phi) is 5.96. The number of hydrogen-bond donors (Lipinski definition) is 1. The normalized spacial score (nSPS) is 15.2. The van der Waals surface area contributed by atoms with E-state index in [1.165, 1.54) is 0 Å². The Morgan fingerprint density at radius 1 is 1.40 bits per heavy atom. The van der Waals surface area contributed by atoms with Crippen molar-refractivity contribution < 1.29 is 0 Å². The number of thioether (sulfide) groups is 2.